The van der Waals surface area contributed by atoms with Gasteiger partial charge in [-0.15, -0.1) is 11.8 Å². The van der Waals surface area contributed by atoms with E-state index in [1.807, 2.05) is 32.0 Å². The summed E-state index contributed by atoms with van der Waals surface area (Å²) in [6, 6.07) is 4.53. The van der Waals surface area contributed by atoms with Crippen LogP contribution in [0.1, 0.15) is 37.8 Å². The van der Waals surface area contributed by atoms with E-state index in [0.29, 0.717) is 6.42 Å². The Morgan fingerprint density at radius 3 is 2.65 bits per heavy atom. The summed E-state index contributed by atoms with van der Waals surface area (Å²) in [7, 11) is 0. The minimum atomic E-state index is -0.749. The number of hydrogen-bond acceptors (Lipinski definition) is 6. The Bertz CT molecular complexity index is 901. The summed E-state index contributed by atoms with van der Waals surface area (Å²) in [5.74, 6) is -1.98. The third kappa shape index (κ3) is 3.26. The van der Waals surface area contributed by atoms with Crippen molar-refractivity contribution in [2.75, 3.05) is 18.5 Å². The van der Waals surface area contributed by atoms with Gasteiger partial charge in [0.05, 0.1) is 35.8 Å². The van der Waals surface area contributed by atoms with Gasteiger partial charge in [-0.2, -0.15) is 0 Å². The first-order valence-electron chi connectivity index (χ1n) is 10.9. The molecule has 1 aromatic carbocycles. The number of amides is 2. The molecule has 4 rings (SSSR count). The number of anilines is 1. The summed E-state index contributed by atoms with van der Waals surface area (Å²) in [4.78, 5) is 41.6. The quantitative estimate of drug-likeness (QED) is 0.651. The zero-order valence-electron chi connectivity index (χ0n) is 18.4. The second kappa shape index (κ2) is 8.13. The van der Waals surface area contributed by atoms with Crippen LogP contribution in [-0.4, -0.2) is 63.1 Å². The first-order valence-corrected chi connectivity index (χ1v) is 11.8. The van der Waals surface area contributed by atoms with Crippen molar-refractivity contribution in [3.8, 4) is 0 Å². The van der Waals surface area contributed by atoms with Crippen molar-refractivity contribution < 1.29 is 24.2 Å². The number of nitrogens with one attached hydrogen (secondary N) is 1. The monoisotopic (exact) mass is 446 g/mol. The van der Waals surface area contributed by atoms with Crippen LogP contribution in [0.4, 0.5) is 5.69 Å². The third-order valence-electron chi connectivity index (χ3n) is 7.01. The summed E-state index contributed by atoms with van der Waals surface area (Å²) in [6.45, 7) is 7.37. The van der Waals surface area contributed by atoms with Crippen LogP contribution in [-0.2, 0) is 19.1 Å². The summed E-state index contributed by atoms with van der Waals surface area (Å²) in [5.41, 5.74) is 2.64. The topological polar surface area (TPSA) is 95.9 Å². The number of para-hydroxylation sites is 1. The van der Waals surface area contributed by atoms with Gasteiger partial charge in [0.1, 0.15) is 6.04 Å². The highest BCUT2D eigenvalue weighted by Gasteiger charge is 2.74. The molecule has 1 aromatic rings. The molecule has 3 saturated heterocycles. The Labute approximate surface area is 186 Å². The number of benzene rings is 1. The fraction of sp³-hybridized carbons (Fsp3) is 0.609. The van der Waals surface area contributed by atoms with Crippen LogP contribution in [0.15, 0.2) is 18.2 Å². The van der Waals surface area contributed by atoms with E-state index >= 15 is 0 Å². The number of fused-ring (bicyclic) bond motifs is 1. The molecule has 168 valence electrons. The van der Waals surface area contributed by atoms with Gasteiger partial charge in [0.15, 0.2) is 0 Å². The van der Waals surface area contributed by atoms with Crippen molar-refractivity contribution >= 4 is 35.2 Å². The number of hydrogen-bond donors (Lipinski definition) is 2. The third-order valence-corrected chi connectivity index (χ3v) is 8.97. The molecule has 3 fully saturated rings. The average molecular weight is 447 g/mol. The number of aliphatic hydroxyl groups excluding tert-OH is 1. The van der Waals surface area contributed by atoms with Gasteiger partial charge in [-0.25, -0.2) is 0 Å². The smallest absolute Gasteiger partial charge is 0.310 e. The van der Waals surface area contributed by atoms with E-state index in [1.165, 1.54) is 4.90 Å². The highest BCUT2D eigenvalue weighted by atomic mass is 32.2. The number of thioether (sulfide) groups is 1. The van der Waals surface area contributed by atoms with E-state index in [0.717, 1.165) is 23.2 Å². The molecule has 0 saturated carbocycles. The number of likely N-dealkylation sites (tertiary alicyclic amines) is 1. The number of carbonyl (C=O) groups is 3. The fourth-order valence-corrected chi connectivity index (χ4v) is 7.86. The molecule has 2 bridgehead atoms. The zero-order chi connectivity index (χ0) is 22.5. The lowest BCUT2D eigenvalue weighted by Gasteiger charge is -2.36. The summed E-state index contributed by atoms with van der Waals surface area (Å²) in [6.07, 6.45) is 1.46. The Balaban J connectivity index is 1.74. The molecule has 2 amide bonds. The lowest BCUT2D eigenvalue weighted by atomic mass is 9.71. The maximum Gasteiger partial charge on any atom is 0.310 e. The molecule has 6 atom stereocenters. The number of ether oxygens (including phenoxy) is 1. The van der Waals surface area contributed by atoms with E-state index < -0.39 is 28.7 Å². The molecular weight excluding hydrogens is 416 g/mol. The van der Waals surface area contributed by atoms with Crippen LogP contribution in [0.3, 0.4) is 0 Å². The van der Waals surface area contributed by atoms with Gasteiger partial charge < -0.3 is 20.1 Å². The van der Waals surface area contributed by atoms with Crippen molar-refractivity contribution in [3.63, 3.8) is 0 Å². The second-order valence-electron chi connectivity index (χ2n) is 8.84. The minimum Gasteiger partial charge on any atom is -0.466 e. The number of esters is 1. The molecule has 3 heterocycles. The highest BCUT2D eigenvalue weighted by molar-refractivity contribution is 8.02. The van der Waals surface area contributed by atoms with E-state index in [4.69, 9.17) is 4.74 Å². The molecule has 0 aliphatic carbocycles. The molecule has 31 heavy (non-hydrogen) atoms. The van der Waals surface area contributed by atoms with Crippen LogP contribution in [0.25, 0.3) is 0 Å². The Morgan fingerprint density at radius 2 is 2.03 bits per heavy atom. The number of carbonyl (C=O) groups excluding carboxylic acids is 3. The molecule has 7 nitrogen and oxygen atoms in total. The molecule has 2 N–H and O–H groups in total. The summed E-state index contributed by atoms with van der Waals surface area (Å²) >= 11 is 1.60. The van der Waals surface area contributed by atoms with Crippen molar-refractivity contribution in [2.24, 2.45) is 11.8 Å². The van der Waals surface area contributed by atoms with E-state index in [2.05, 4.69) is 5.32 Å². The van der Waals surface area contributed by atoms with Crippen molar-refractivity contribution in [1.82, 2.24) is 4.90 Å². The first-order chi connectivity index (χ1) is 14.8. The molecule has 8 heteroatoms. The molecule has 0 radical (unpaired) electrons. The number of nitrogens with zero attached hydrogens (tertiary/aromatic N) is 1. The Morgan fingerprint density at radius 1 is 1.35 bits per heavy atom. The van der Waals surface area contributed by atoms with Crippen molar-refractivity contribution in [3.05, 3.63) is 29.3 Å². The van der Waals surface area contributed by atoms with Crippen molar-refractivity contribution in [2.45, 2.75) is 62.6 Å². The summed E-state index contributed by atoms with van der Waals surface area (Å²) in [5, 5.41) is 12.9. The van der Waals surface area contributed by atoms with Gasteiger partial charge in [0.25, 0.3) is 0 Å². The first kappa shape index (κ1) is 22.1. The van der Waals surface area contributed by atoms with E-state index in [-0.39, 0.29) is 36.2 Å². The van der Waals surface area contributed by atoms with Crippen LogP contribution >= 0.6 is 11.8 Å². The molecule has 0 aromatic heterocycles. The normalized spacial score (nSPS) is 32.2. The lowest BCUT2D eigenvalue weighted by molar-refractivity contribution is -0.154. The lowest BCUT2D eigenvalue weighted by Crippen LogP contribution is -2.54. The van der Waals surface area contributed by atoms with Gasteiger partial charge in [-0.05, 0) is 51.7 Å². The number of aryl methyl sites for hydroxylation is 2. The van der Waals surface area contributed by atoms with Gasteiger partial charge >= 0.3 is 5.97 Å². The zero-order valence-corrected chi connectivity index (χ0v) is 19.2. The Kier molecular flexibility index (Phi) is 5.81. The highest BCUT2D eigenvalue weighted by Crippen LogP contribution is 2.66. The van der Waals surface area contributed by atoms with Crippen molar-refractivity contribution in [1.29, 1.82) is 0 Å². The van der Waals surface area contributed by atoms with E-state index in [1.54, 1.807) is 25.6 Å². The van der Waals surface area contributed by atoms with Gasteiger partial charge in [0.2, 0.25) is 11.8 Å². The van der Waals surface area contributed by atoms with Gasteiger partial charge in [0, 0.05) is 10.9 Å². The number of rotatable bonds is 6. The fourth-order valence-electron chi connectivity index (χ4n) is 5.66. The standard InChI is InChI=1S/C23H30N2O5S/c1-5-30-22(29)16-15-9-10-23(31-15)17(16)21(28)25(14(4)11-26)19(23)20(27)24-18-12(2)7-6-8-13(18)3/h6-8,14-17,19,26H,5,9-11H2,1-4H3,(H,24,27)/t14-,15+,16-,17+,19?,23?/m1/s1. The van der Waals surface area contributed by atoms with Crippen LogP contribution in [0, 0.1) is 25.7 Å². The van der Waals surface area contributed by atoms with Gasteiger partial charge in [-0.1, -0.05) is 18.2 Å². The van der Waals surface area contributed by atoms with Crippen LogP contribution in [0.5, 0.6) is 0 Å². The molecular formula is C23H30N2O5S. The predicted octanol–water partition coefficient (Wildman–Crippen LogP) is 2.28. The maximum absolute atomic E-state index is 13.7. The average Bonchev–Trinajstić information content (AvgIpc) is 3.37. The summed E-state index contributed by atoms with van der Waals surface area (Å²) < 4.78 is 4.63. The SMILES string of the molecule is CCOC(=O)[C@@H]1[C@@H]2CCC3(S2)C(C(=O)Nc2c(C)cccc2C)N([C@H](C)CO)C(=O)[C@H]13. The predicted molar refractivity (Wildman–Crippen MR) is 119 cm³/mol. The number of aliphatic hydroxyl groups is 1. The van der Waals surface area contributed by atoms with E-state index in [9.17, 15) is 19.5 Å². The second-order valence-corrected chi connectivity index (χ2v) is 10.4. The maximum atomic E-state index is 13.7. The Hall–Kier alpha value is -2.06. The largest absolute Gasteiger partial charge is 0.466 e. The minimum absolute atomic E-state index is 0.0184. The molecule has 2 unspecified atom stereocenters. The molecule has 3 aliphatic heterocycles. The van der Waals surface area contributed by atoms with Crippen LogP contribution in [0.2, 0.25) is 0 Å². The van der Waals surface area contributed by atoms with Gasteiger partial charge in [-0.3, -0.25) is 14.4 Å². The van der Waals surface area contributed by atoms with Crippen LogP contribution < -0.4 is 5.32 Å². The molecule has 1 spiro atoms. The molecule has 3 aliphatic rings.